The fourth-order valence-electron chi connectivity index (χ4n) is 8.58. The number of benzene rings is 4. The molecule has 1 saturated carbocycles. The predicted molar refractivity (Wildman–Crippen MR) is 204 cm³/mol. The Morgan fingerprint density at radius 2 is 0.936 bits per heavy atom. The first-order valence-electron chi connectivity index (χ1n) is 18.7. The minimum absolute atomic E-state index is 0.394. The molecule has 0 aromatic heterocycles. The van der Waals surface area contributed by atoms with Crippen molar-refractivity contribution in [2.24, 2.45) is 11.8 Å². The summed E-state index contributed by atoms with van der Waals surface area (Å²) in [5, 5.41) is 0. The minimum Gasteiger partial charge on any atom is -0.399 e. The van der Waals surface area contributed by atoms with E-state index in [9.17, 15) is 0 Å². The number of anilines is 2. The summed E-state index contributed by atoms with van der Waals surface area (Å²) in [6.07, 6.45) is 14.2. The Labute approximate surface area is 286 Å². The molecule has 47 heavy (non-hydrogen) atoms. The van der Waals surface area contributed by atoms with E-state index in [-0.39, 0.29) is 0 Å². The Balaban J connectivity index is 1.44. The third-order valence-corrected chi connectivity index (χ3v) is 11.3. The molecule has 4 aromatic carbocycles. The van der Waals surface area contributed by atoms with Gasteiger partial charge in [-0.2, -0.15) is 0 Å². The van der Waals surface area contributed by atoms with Crippen molar-refractivity contribution in [3.63, 3.8) is 0 Å². The summed E-state index contributed by atoms with van der Waals surface area (Å²) in [4.78, 5) is 0. The monoisotopic (exact) mass is 628 g/mol. The normalized spacial score (nSPS) is 16.4. The molecule has 0 radical (unpaired) electrons. The van der Waals surface area contributed by atoms with Crippen LogP contribution in [-0.4, -0.2) is 0 Å². The molecule has 250 valence electrons. The summed E-state index contributed by atoms with van der Waals surface area (Å²) in [5.74, 6) is 2.86. The van der Waals surface area contributed by atoms with Crippen LogP contribution in [0.5, 0.6) is 0 Å². The van der Waals surface area contributed by atoms with Gasteiger partial charge >= 0.3 is 0 Å². The molecule has 4 aromatic rings. The van der Waals surface area contributed by atoms with E-state index in [0.717, 1.165) is 48.9 Å². The smallest absolute Gasteiger partial charge is 0.0316 e. The van der Waals surface area contributed by atoms with Gasteiger partial charge in [0.25, 0.3) is 0 Å². The van der Waals surface area contributed by atoms with Gasteiger partial charge in [-0.05, 0) is 120 Å². The van der Waals surface area contributed by atoms with Crippen LogP contribution in [0.2, 0.25) is 0 Å². The standard InChI is InChI=1S/C45H60N2/c1-6-11-44(41-27-24-39(46)29-32(41)4)37-20-16-35(17-21-37)43(26-15-31(3)34-13-9-8-10-14-34)36-18-22-38(23-19-36)45(12-7-2)42-28-25-40(47)30-33(42)5/h16-25,27-31,34,43-45H,6-15,26,46-47H2,1-5H3. The van der Waals surface area contributed by atoms with E-state index in [0.29, 0.717) is 17.8 Å². The lowest BCUT2D eigenvalue weighted by Crippen LogP contribution is -2.16. The number of hydrogen-bond donors (Lipinski definition) is 2. The molecule has 1 fully saturated rings. The van der Waals surface area contributed by atoms with E-state index in [4.69, 9.17) is 11.5 Å². The van der Waals surface area contributed by atoms with Crippen LogP contribution in [0, 0.1) is 25.7 Å². The van der Waals surface area contributed by atoms with E-state index in [1.54, 1.807) is 0 Å². The van der Waals surface area contributed by atoms with Crippen LogP contribution in [-0.2, 0) is 0 Å². The molecule has 1 aliphatic carbocycles. The molecule has 2 nitrogen and oxygen atoms in total. The maximum atomic E-state index is 6.12. The lowest BCUT2D eigenvalue weighted by atomic mass is 9.76. The van der Waals surface area contributed by atoms with Crippen LogP contribution in [0.3, 0.4) is 0 Å². The third kappa shape index (κ3) is 8.69. The molecule has 0 saturated heterocycles. The highest BCUT2D eigenvalue weighted by Crippen LogP contribution is 2.39. The first kappa shape index (κ1) is 34.8. The molecule has 0 amide bonds. The molecule has 2 heteroatoms. The van der Waals surface area contributed by atoms with Crippen LogP contribution in [0.15, 0.2) is 84.9 Å². The van der Waals surface area contributed by atoms with Crippen LogP contribution >= 0.6 is 0 Å². The number of nitrogens with two attached hydrogens (primary N) is 2. The summed E-state index contributed by atoms with van der Waals surface area (Å²) < 4.78 is 0. The fourth-order valence-corrected chi connectivity index (χ4v) is 8.58. The van der Waals surface area contributed by atoms with Crippen LogP contribution < -0.4 is 11.5 Å². The zero-order valence-electron chi connectivity index (χ0n) is 29.9. The van der Waals surface area contributed by atoms with Crippen molar-refractivity contribution in [1.82, 2.24) is 0 Å². The zero-order valence-corrected chi connectivity index (χ0v) is 29.9. The molecule has 4 N–H and O–H groups in total. The summed E-state index contributed by atoms with van der Waals surface area (Å²) in [7, 11) is 0. The van der Waals surface area contributed by atoms with E-state index in [2.05, 4.69) is 120 Å². The van der Waals surface area contributed by atoms with Crippen molar-refractivity contribution >= 4 is 11.4 Å². The maximum absolute atomic E-state index is 6.12. The second kappa shape index (κ2) is 16.5. The first-order valence-corrected chi connectivity index (χ1v) is 18.7. The van der Waals surface area contributed by atoms with Gasteiger partial charge in [0.2, 0.25) is 0 Å². The average Bonchev–Trinajstić information content (AvgIpc) is 3.08. The largest absolute Gasteiger partial charge is 0.399 e. The molecule has 1 aliphatic rings. The zero-order chi connectivity index (χ0) is 33.3. The van der Waals surface area contributed by atoms with Gasteiger partial charge in [0.1, 0.15) is 0 Å². The fraction of sp³-hybridized carbons (Fsp3) is 0.467. The Hall–Kier alpha value is -3.52. The molecular formula is C45H60N2. The van der Waals surface area contributed by atoms with Crippen LogP contribution in [0.25, 0.3) is 0 Å². The molecule has 3 unspecified atom stereocenters. The van der Waals surface area contributed by atoms with Gasteiger partial charge in [0, 0.05) is 29.1 Å². The Morgan fingerprint density at radius 3 is 1.32 bits per heavy atom. The third-order valence-electron chi connectivity index (χ3n) is 11.3. The lowest BCUT2D eigenvalue weighted by molar-refractivity contribution is 0.247. The van der Waals surface area contributed by atoms with E-state index in [1.807, 2.05) is 0 Å². The molecular weight excluding hydrogens is 569 g/mol. The van der Waals surface area contributed by atoms with E-state index in [1.165, 1.54) is 89.5 Å². The second-order valence-electron chi connectivity index (χ2n) is 14.8. The van der Waals surface area contributed by atoms with Gasteiger partial charge in [-0.25, -0.2) is 0 Å². The van der Waals surface area contributed by atoms with Gasteiger partial charge in [-0.1, -0.05) is 126 Å². The molecule has 5 rings (SSSR count). The van der Waals surface area contributed by atoms with Gasteiger partial charge in [-0.15, -0.1) is 0 Å². The molecule has 0 bridgehead atoms. The van der Waals surface area contributed by atoms with Crippen molar-refractivity contribution in [3.05, 3.63) is 129 Å². The summed E-state index contributed by atoms with van der Waals surface area (Å²) >= 11 is 0. The van der Waals surface area contributed by atoms with Crippen LogP contribution in [0.1, 0.15) is 154 Å². The van der Waals surface area contributed by atoms with Crippen molar-refractivity contribution < 1.29 is 0 Å². The number of aryl methyl sites for hydroxylation is 2. The van der Waals surface area contributed by atoms with E-state index < -0.39 is 0 Å². The Morgan fingerprint density at radius 1 is 0.532 bits per heavy atom. The van der Waals surface area contributed by atoms with Gasteiger partial charge in [-0.3, -0.25) is 0 Å². The number of rotatable bonds is 14. The number of hydrogen-bond acceptors (Lipinski definition) is 2. The Kier molecular flexibility index (Phi) is 12.2. The summed E-state index contributed by atoms with van der Waals surface area (Å²) in [6, 6.07) is 32.3. The second-order valence-corrected chi connectivity index (χ2v) is 14.8. The molecule has 0 heterocycles. The highest BCUT2D eigenvalue weighted by Gasteiger charge is 2.24. The number of nitrogen functional groups attached to an aromatic ring is 2. The minimum atomic E-state index is 0.394. The highest BCUT2D eigenvalue weighted by molar-refractivity contribution is 5.50. The van der Waals surface area contributed by atoms with Crippen molar-refractivity contribution in [2.45, 2.75) is 123 Å². The summed E-state index contributed by atoms with van der Waals surface area (Å²) in [5.41, 5.74) is 25.0. The molecule has 3 atom stereocenters. The van der Waals surface area contributed by atoms with Gasteiger partial charge in [0.05, 0.1) is 0 Å². The SMILES string of the molecule is CCCC(c1ccc(C(CCC(C)C2CCCCC2)c2ccc(C(CCC)c3ccc(N)cc3C)cc2)cc1)c1ccc(N)cc1C. The molecule has 0 aliphatic heterocycles. The molecule has 0 spiro atoms. The van der Waals surface area contributed by atoms with Gasteiger partial charge < -0.3 is 11.5 Å². The van der Waals surface area contributed by atoms with Crippen molar-refractivity contribution in [3.8, 4) is 0 Å². The van der Waals surface area contributed by atoms with Crippen LogP contribution in [0.4, 0.5) is 11.4 Å². The summed E-state index contributed by atoms with van der Waals surface area (Å²) in [6.45, 7) is 11.5. The maximum Gasteiger partial charge on any atom is 0.0316 e. The van der Waals surface area contributed by atoms with Gasteiger partial charge in [0.15, 0.2) is 0 Å². The lowest BCUT2D eigenvalue weighted by Gasteiger charge is -2.29. The topological polar surface area (TPSA) is 52.0 Å². The highest BCUT2D eigenvalue weighted by atomic mass is 14.5. The Bertz CT molecular complexity index is 1440. The van der Waals surface area contributed by atoms with Crippen molar-refractivity contribution in [1.29, 1.82) is 0 Å². The predicted octanol–water partition coefficient (Wildman–Crippen LogP) is 12.5. The van der Waals surface area contributed by atoms with Crippen molar-refractivity contribution in [2.75, 3.05) is 11.5 Å². The quantitative estimate of drug-likeness (QED) is 0.137. The van der Waals surface area contributed by atoms with E-state index >= 15 is 0 Å². The average molecular weight is 629 g/mol. The first-order chi connectivity index (χ1) is 22.8.